The lowest BCUT2D eigenvalue weighted by Crippen LogP contribution is -2.55. The molecule has 7 aliphatic rings. The summed E-state index contributed by atoms with van der Waals surface area (Å²) in [5, 5.41) is 10.8. The number of aromatic nitrogens is 2. The molecule has 2 atom stereocenters. The van der Waals surface area contributed by atoms with E-state index in [0.29, 0.717) is 45.9 Å². The Kier molecular flexibility index (Phi) is 13.5. The van der Waals surface area contributed by atoms with Crippen LogP contribution in [0, 0.1) is 17.8 Å². The van der Waals surface area contributed by atoms with Crippen molar-refractivity contribution < 1.29 is 33.5 Å². The molecule has 18 heteroatoms. The number of nitrogens with one attached hydrogen (secondary N) is 2. The molecule has 18 nitrogen and oxygen atoms in total. The number of primary amides is 1. The monoisotopic (exact) mass is 980 g/mol. The first-order valence-corrected chi connectivity index (χ1v) is 26.1. The quantitative estimate of drug-likeness (QED) is 0.165. The van der Waals surface area contributed by atoms with Crippen LogP contribution in [0.1, 0.15) is 94.9 Å². The van der Waals surface area contributed by atoms with Crippen molar-refractivity contribution in [3.05, 3.63) is 89.5 Å². The lowest BCUT2D eigenvalue weighted by molar-refractivity contribution is -0.136. The van der Waals surface area contributed by atoms with Crippen molar-refractivity contribution in [2.45, 2.75) is 69.9 Å². The molecule has 0 bridgehead atoms. The molecule has 7 amide bonds. The predicted octanol–water partition coefficient (Wildman–Crippen LogP) is 5.28. The minimum absolute atomic E-state index is 0.0907. The molecule has 8 heterocycles. The van der Waals surface area contributed by atoms with Crippen LogP contribution in [-0.4, -0.2) is 161 Å². The van der Waals surface area contributed by atoms with E-state index in [2.05, 4.69) is 30.2 Å². The largest absolute Gasteiger partial charge is 0.457 e. The molecule has 378 valence electrons. The second-order valence-corrected chi connectivity index (χ2v) is 20.8. The Labute approximate surface area is 419 Å². The van der Waals surface area contributed by atoms with Crippen LogP contribution in [-0.2, 0) is 9.59 Å². The Morgan fingerprint density at radius 3 is 1.99 bits per heavy atom. The highest BCUT2D eigenvalue weighted by atomic mass is 16.5. The molecule has 1 aromatic heterocycles. The molecule has 3 aromatic carbocycles. The first-order chi connectivity index (χ1) is 35.0. The fraction of sp³-hybridized carbons (Fsp3) is 0.500. The highest BCUT2D eigenvalue weighted by Crippen LogP contribution is 2.41. The van der Waals surface area contributed by atoms with Crippen LogP contribution in [0.4, 0.5) is 16.3 Å². The number of anilines is 2. The third-order valence-corrected chi connectivity index (χ3v) is 16.5. The first kappa shape index (κ1) is 47.5. The maximum absolute atomic E-state index is 13.7. The van der Waals surface area contributed by atoms with Crippen LogP contribution in [0.3, 0.4) is 0 Å². The molecule has 4 aromatic rings. The van der Waals surface area contributed by atoms with Crippen LogP contribution < -0.4 is 26.0 Å². The number of nitrogens with two attached hydrogens (primary N) is 1. The molecule has 0 saturated carbocycles. The normalized spacial score (nSPS) is 22.9. The highest BCUT2D eigenvalue weighted by Gasteiger charge is 2.45. The van der Waals surface area contributed by atoms with Gasteiger partial charge in [-0.25, -0.2) is 9.48 Å². The molecule has 2 unspecified atom stereocenters. The van der Waals surface area contributed by atoms with Gasteiger partial charge in [0.1, 0.15) is 34.6 Å². The fourth-order valence-electron chi connectivity index (χ4n) is 12.4. The van der Waals surface area contributed by atoms with Crippen molar-refractivity contribution in [2.24, 2.45) is 23.5 Å². The van der Waals surface area contributed by atoms with Gasteiger partial charge >= 0.3 is 6.03 Å². The number of piperazine rings is 1. The Bertz CT molecular complexity index is 2700. The molecule has 0 radical (unpaired) electrons. The van der Waals surface area contributed by atoms with Gasteiger partial charge in [0.05, 0.1) is 17.2 Å². The third-order valence-electron chi connectivity index (χ3n) is 16.5. The van der Waals surface area contributed by atoms with Gasteiger partial charge in [-0.2, -0.15) is 5.10 Å². The van der Waals surface area contributed by atoms with Gasteiger partial charge in [-0.15, -0.1) is 0 Å². The average Bonchev–Trinajstić information content (AvgIpc) is 3.92. The van der Waals surface area contributed by atoms with Crippen molar-refractivity contribution in [1.29, 1.82) is 0 Å². The molecule has 7 aliphatic heterocycles. The highest BCUT2D eigenvalue weighted by molar-refractivity contribution is 6.23. The number of urea groups is 1. The maximum Gasteiger partial charge on any atom is 0.320 e. The number of rotatable bonds is 11. The number of amides is 7. The summed E-state index contributed by atoms with van der Waals surface area (Å²) >= 11 is 0. The van der Waals surface area contributed by atoms with E-state index in [1.807, 2.05) is 70.2 Å². The van der Waals surface area contributed by atoms with Gasteiger partial charge < -0.3 is 35.4 Å². The average molecular weight is 980 g/mol. The lowest BCUT2D eigenvalue weighted by atomic mass is 9.86. The third kappa shape index (κ3) is 9.65. The lowest BCUT2D eigenvalue weighted by Gasteiger charge is -2.42. The minimum atomic E-state index is -0.976. The predicted molar refractivity (Wildman–Crippen MR) is 270 cm³/mol. The molecule has 0 spiro atoms. The van der Waals surface area contributed by atoms with E-state index in [1.54, 1.807) is 12.1 Å². The summed E-state index contributed by atoms with van der Waals surface area (Å²) in [6, 6.07) is 22.0. The zero-order valence-electron chi connectivity index (χ0n) is 40.9. The first-order valence-electron chi connectivity index (χ1n) is 26.1. The molecule has 4 N–H and O–H groups in total. The van der Waals surface area contributed by atoms with E-state index in [1.165, 1.54) is 0 Å². The number of nitrogens with zero attached hydrogens (tertiary/aromatic N) is 8. The second kappa shape index (κ2) is 20.4. The van der Waals surface area contributed by atoms with Crippen molar-refractivity contribution in [3.8, 4) is 22.8 Å². The molecule has 5 saturated heterocycles. The standard InChI is InChI=1S/C54H65N11O7/c55-49(67)47-48(38-6-9-41(10-7-38)72-40-4-2-1-3-5-40)58-65-44(14-21-56-50(47)65)37-19-22-59(23-20-37)33-36-17-26-62(27-18-36)54(71)63-30-28-60(29-31-63)34-35-15-24-61(25-16-35)39-8-11-42-43(32-39)53(70)64(52(42)69)45-12-13-46(66)57-51(45)68/h1-11,32,35-37,44-45,56H,12-31,33-34H2,(H2,55,67)(H,57,66,68). The number of hydrogen-bond acceptors (Lipinski definition) is 12. The van der Waals surface area contributed by atoms with Gasteiger partial charge in [0, 0.05) is 89.7 Å². The Morgan fingerprint density at radius 2 is 1.31 bits per heavy atom. The number of likely N-dealkylation sites (tertiary alicyclic amines) is 2. The number of carbonyl (C=O) groups is 6. The molecule has 5 fully saturated rings. The Hall–Kier alpha value is -6.79. The Balaban J connectivity index is 0.601. The van der Waals surface area contributed by atoms with Crippen LogP contribution in [0.25, 0.3) is 11.3 Å². The fourth-order valence-corrected chi connectivity index (χ4v) is 12.4. The van der Waals surface area contributed by atoms with E-state index < -0.39 is 35.6 Å². The van der Waals surface area contributed by atoms with Gasteiger partial charge in [-0.05, 0) is 137 Å². The molecule has 72 heavy (non-hydrogen) atoms. The zero-order chi connectivity index (χ0) is 49.5. The van der Waals surface area contributed by atoms with Gasteiger partial charge in [-0.1, -0.05) is 18.2 Å². The number of para-hydroxylation sites is 1. The zero-order valence-corrected chi connectivity index (χ0v) is 40.9. The number of fused-ring (bicyclic) bond motifs is 2. The molecular weight excluding hydrogens is 915 g/mol. The van der Waals surface area contributed by atoms with Crippen LogP contribution in [0.5, 0.6) is 11.5 Å². The summed E-state index contributed by atoms with van der Waals surface area (Å²) < 4.78 is 8.04. The number of hydrogen-bond donors (Lipinski definition) is 3. The van der Waals surface area contributed by atoms with Crippen molar-refractivity contribution in [3.63, 3.8) is 0 Å². The number of carbonyl (C=O) groups excluding carboxylic acids is 6. The summed E-state index contributed by atoms with van der Waals surface area (Å²) in [5.74, 6) is 1.26. The van der Waals surface area contributed by atoms with Gasteiger partial charge in [0.25, 0.3) is 17.7 Å². The number of piperidine rings is 4. The summed E-state index contributed by atoms with van der Waals surface area (Å²) in [7, 11) is 0. The van der Waals surface area contributed by atoms with Crippen LogP contribution in [0.2, 0.25) is 0 Å². The minimum Gasteiger partial charge on any atom is -0.457 e. The van der Waals surface area contributed by atoms with Crippen LogP contribution >= 0.6 is 0 Å². The summed E-state index contributed by atoms with van der Waals surface area (Å²) in [6.45, 7) is 11.4. The number of ether oxygens (including phenoxy) is 1. The summed E-state index contributed by atoms with van der Waals surface area (Å²) in [6.07, 6.45) is 7.36. The van der Waals surface area contributed by atoms with Crippen LogP contribution in [0.15, 0.2) is 72.8 Å². The second-order valence-electron chi connectivity index (χ2n) is 20.8. The molecular formula is C54H65N11O7. The van der Waals surface area contributed by atoms with E-state index in [0.717, 1.165) is 158 Å². The Morgan fingerprint density at radius 1 is 0.667 bits per heavy atom. The van der Waals surface area contributed by atoms with Gasteiger partial charge in [0.2, 0.25) is 11.8 Å². The van der Waals surface area contributed by atoms with Crippen molar-refractivity contribution in [2.75, 3.05) is 95.3 Å². The number of benzene rings is 3. The van der Waals surface area contributed by atoms with E-state index >= 15 is 0 Å². The van der Waals surface area contributed by atoms with E-state index in [4.69, 9.17) is 15.6 Å². The van der Waals surface area contributed by atoms with E-state index in [9.17, 15) is 28.8 Å². The smallest absolute Gasteiger partial charge is 0.320 e. The number of imide groups is 2. The summed E-state index contributed by atoms with van der Waals surface area (Å²) in [4.78, 5) is 89.9. The SMILES string of the molecule is NC(=O)c1c(-c2ccc(Oc3ccccc3)cc2)nn2c1NCCC2C1CCN(CC2CCN(C(=O)N3CCN(CC4CCN(c5ccc6c(c5)C(=O)N(C5CCC(=O)NC5=O)C6=O)CC4)CC3)CC2)CC1. The molecule has 11 rings (SSSR count). The van der Waals surface area contributed by atoms with Gasteiger partial charge in [0.15, 0.2) is 0 Å². The molecule has 0 aliphatic carbocycles. The van der Waals surface area contributed by atoms with Gasteiger partial charge in [-0.3, -0.25) is 39.1 Å². The summed E-state index contributed by atoms with van der Waals surface area (Å²) in [5.41, 5.74) is 9.37. The van der Waals surface area contributed by atoms with Crippen molar-refractivity contribution >= 4 is 47.1 Å². The topological polar surface area (TPSA) is 199 Å². The van der Waals surface area contributed by atoms with E-state index in [-0.39, 0.29) is 24.9 Å². The maximum atomic E-state index is 13.7. The van der Waals surface area contributed by atoms with Crippen molar-refractivity contribution in [1.82, 2.24) is 39.6 Å².